The average Bonchev–Trinajstić information content (AvgIpc) is 2.61. The summed E-state index contributed by atoms with van der Waals surface area (Å²) in [6.45, 7) is 1.53. The third-order valence-electron chi connectivity index (χ3n) is 3.49. The fourth-order valence-corrected chi connectivity index (χ4v) is 2.87. The molecule has 134 valence electrons. The van der Waals surface area contributed by atoms with Crippen LogP contribution < -0.4 is 5.56 Å². The van der Waals surface area contributed by atoms with Crippen LogP contribution in [0.4, 0.5) is 8.78 Å². The van der Waals surface area contributed by atoms with Gasteiger partial charge in [0.25, 0.3) is 11.3 Å². The number of halogens is 2. The zero-order valence-electron chi connectivity index (χ0n) is 13.5. The maximum Gasteiger partial charge on any atom is 0.341 e. The highest BCUT2D eigenvalue weighted by atomic mass is 32.2. The van der Waals surface area contributed by atoms with E-state index in [9.17, 15) is 18.4 Å². The van der Waals surface area contributed by atoms with Gasteiger partial charge in [0.05, 0.1) is 16.5 Å². The maximum absolute atomic E-state index is 12.6. The smallest absolute Gasteiger partial charge is 0.341 e. The number of aromatic nitrogens is 3. The number of nitrogens with zero attached hydrogens (tertiary/aromatic N) is 2. The zero-order valence-corrected chi connectivity index (χ0v) is 14.3. The number of thioether (sulfide) groups is 1. The SMILES string of the molecule is CC(OC(=O)c1cccnc1SC(F)F)c1nc2ccccc2c(=O)[nH]1. The van der Waals surface area contributed by atoms with Gasteiger partial charge in [-0.15, -0.1) is 0 Å². The lowest BCUT2D eigenvalue weighted by atomic mass is 10.2. The van der Waals surface area contributed by atoms with E-state index in [1.807, 2.05) is 0 Å². The molecule has 0 aliphatic carbocycles. The number of hydrogen-bond acceptors (Lipinski definition) is 6. The fourth-order valence-electron chi connectivity index (χ4n) is 2.30. The Hall–Kier alpha value is -2.81. The first-order chi connectivity index (χ1) is 12.5. The van der Waals surface area contributed by atoms with Gasteiger partial charge in [-0.3, -0.25) is 4.79 Å². The Morgan fingerprint density at radius 2 is 2.00 bits per heavy atom. The lowest BCUT2D eigenvalue weighted by Gasteiger charge is -2.14. The Morgan fingerprint density at radius 3 is 2.77 bits per heavy atom. The molecule has 0 radical (unpaired) electrons. The molecule has 0 spiro atoms. The van der Waals surface area contributed by atoms with Crippen LogP contribution in [0.5, 0.6) is 0 Å². The van der Waals surface area contributed by atoms with Crippen LogP contribution in [0.2, 0.25) is 0 Å². The van der Waals surface area contributed by atoms with Crippen LogP contribution in [-0.2, 0) is 4.74 Å². The number of alkyl halides is 2. The summed E-state index contributed by atoms with van der Waals surface area (Å²) < 4.78 is 30.5. The minimum Gasteiger partial charge on any atom is -0.451 e. The van der Waals surface area contributed by atoms with E-state index in [-0.39, 0.29) is 33.7 Å². The van der Waals surface area contributed by atoms with Gasteiger partial charge in [0.15, 0.2) is 11.9 Å². The normalized spacial score (nSPS) is 12.3. The van der Waals surface area contributed by atoms with Gasteiger partial charge in [0.1, 0.15) is 5.03 Å². The molecule has 0 aliphatic heterocycles. The number of benzene rings is 1. The second-order valence-corrected chi connectivity index (χ2v) is 6.23. The molecule has 9 heteroatoms. The quantitative estimate of drug-likeness (QED) is 0.541. The van der Waals surface area contributed by atoms with Crippen LogP contribution in [-0.4, -0.2) is 26.7 Å². The molecule has 1 unspecified atom stereocenters. The van der Waals surface area contributed by atoms with E-state index in [1.54, 1.807) is 24.3 Å². The van der Waals surface area contributed by atoms with Crippen LogP contribution in [0.3, 0.4) is 0 Å². The van der Waals surface area contributed by atoms with E-state index in [4.69, 9.17) is 4.74 Å². The van der Waals surface area contributed by atoms with Crippen molar-refractivity contribution in [1.82, 2.24) is 15.0 Å². The van der Waals surface area contributed by atoms with Gasteiger partial charge in [0, 0.05) is 6.20 Å². The van der Waals surface area contributed by atoms with E-state index in [1.165, 1.54) is 25.3 Å². The molecule has 0 amide bonds. The molecule has 0 fully saturated rings. The molecule has 26 heavy (non-hydrogen) atoms. The first kappa shape index (κ1) is 18.0. The second-order valence-electron chi connectivity index (χ2n) is 5.25. The minimum absolute atomic E-state index is 0.0761. The monoisotopic (exact) mass is 377 g/mol. The average molecular weight is 377 g/mol. The number of ether oxygens (including phenoxy) is 1. The van der Waals surface area contributed by atoms with E-state index in [0.29, 0.717) is 10.9 Å². The number of para-hydroxylation sites is 1. The van der Waals surface area contributed by atoms with E-state index >= 15 is 0 Å². The van der Waals surface area contributed by atoms with Gasteiger partial charge in [0.2, 0.25) is 0 Å². The summed E-state index contributed by atoms with van der Waals surface area (Å²) in [6, 6.07) is 9.55. The first-order valence-corrected chi connectivity index (χ1v) is 8.43. The molecular weight excluding hydrogens is 364 g/mol. The largest absolute Gasteiger partial charge is 0.451 e. The summed E-state index contributed by atoms with van der Waals surface area (Å²) in [7, 11) is 0. The molecule has 2 heterocycles. The van der Waals surface area contributed by atoms with Crippen molar-refractivity contribution >= 4 is 28.6 Å². The van der Waals surface area contributed by atoms with Gasteiger partial charge in [-0.2, -0.15) is 8.78 Å². The van der Waals surface area contributed by atoms with Crippen molar-refractivity contribution < 1.29 is 18.3 Å². The molecule has 2 aromatic heterocycles. The van der Waals surface area contributed by atoms with Crippen LogP contribution in [0, 0.1) is 0 Å². The Balaban J connectivity index is 1.85. The van der Waals surface area contributed by atoms with Crippen molar-refractivity contribution in [2.75, 3.05) is 0 Å². The van der Waals surface area contributed by atoms with Crippen LogP contribution >= 0.6 is 11.8 Å². The van der Waals surface area contributed by atoms with E-state index in [0.717, 1.165) is 0 Å². The summed E-state index contributed by atoms with van der Waals surface area (Å²) in [4.78, 5) is 35.1. The molecule has 0 aliphatic rings. The summed E-state index contributed by atoms with van der Waals surface area (Å²) in [5.74, 6) is -3.38. The standard InChI is InChI=1S/C17H13F2N3O3S/c1-9(13-21-12-7-3-2-5-10(12)14(23)22-13)25-16(24)11-6-4-8-20-15(11)26-17(18)19/h2-9,17H,1H3,(H,21,22,23). The third-order valence-corrected chi connectivity index (χ3v) is 4.22. The molecule has 1 aromatic carbocycles. The number of nitrogens with one attached hydrogen (secondary N) is 1. The Bertz CT molecular complexity index is 1010. The molecule has 0 saturated heterocycles. The fraction of sp³-hybridized carbons (Fsp3) is 0.176. The van der Waals surface area contributed by atoms with Gasteiger partial charge >= 0.3 is 5.97 Å². The van der Waals surface area contributed by atoms with Crippen LogP contribution in [0.15, 0.2) is 52.4 Å². The number of aromatic amines is 1. The van der Waals surface area contributed by atoms with Gasteiger partial charge in [-0.1, -0.05) is 12.1 Å². The lowest BCUT2D eigenvalue weighted by Crippen LogP contribution is -2.18. The summed E-state index contributed by atoms with van der Waals surface area (Å²) in [5.41, 5.74) is 0.0288. The number of hydrogen-bond donors (Lipinski definition) is 1. The summed E-state index contributed by atoms with van der Waals surface area (Å²) in [6.07, 6.45) is 0.428. The number of carbonyl (C=O) groups excluding carboxylic acids is 1. The van der Waals surface area contributed by atoms with Crippen molar-refractivity contribution in [1.29, 1.82) is 0 Å². The lowest BCUT2D eigenvalue weighted by molar-refractivity contribution is 0.0315. The summed E-state index contributed by atoms with van der Waals surface area (Å²) >= 11 is 0.162. The van der Waals surface area contributed by atoms with Crippen molar-refractivity contribution in [3.8, 4) is 0 Å². The zero-order chi connectivity index (χ0) is 18.7. The number of pyridine rings is 1. The van der Waals surface area contributed by atoms with Crippen molar-refractivity contribution in [2.45, 2.75) is 23.8 Å². The molecule has 0 saturated carbocycles. The van der Waals surface area contributed by atoms with Crippen molar-refractivity contribution in [2.24, 2.45) is 0 Å². The molecule has 1 N–H and O–H groups in total. The van der Waals surface area contributed by atoms with Crippen LogP contribution in [0.25, 0.3) is 10.9 Å². The molecule has 1 atom stereocenters. The molecule has 6 nitrogen and oxygen atoms in total. The van der Waals surface area contributed by atoms with E-state index in [2.05, 4.69) is 15.0 Å². The van der Waals surface area contributed by atoms with Gasteiger partial charge in [-0.25, -0.2) is 14.8 Å². The first-order valence-electron chi connectivity index (χ1n) is 7.55. The highest BCUT2D eigenvalue weighted by Gasteiger charge is 2.21. The number of rotatable bonds is 5. The van der Waals surface area contributed by atoms with Crippen molar-refractivity contribution in [3.05, 3.63) is 64.3 Å². The number of esters is 1. The minimum atomic E-state index is -2.72. The Labute approximate surface area is 150 Å². The second kappa shape index (κ2) is 7.61. The summed E-state index contributed by atoms with van der Waals surface area (Å²) in [5, 5.41) is 0.289. The maximum atomic E-state index is 12.6. The Kier molecular flexibility index (Phi) is 5.27. The molecular formula is C17H13F2N3O3S. The topological polar surface area (TPSA) is 84.9 Å². The molecule has 3 aromatic rings. The number of carbonyl (C=O) groups is 1. The highest BCUT2D eigenvalue weighted by Crippen LogP contribution is 2.27. The van der Waals surface area contributed by atoms with Gasteiger partial charge in [-0.05, 0) is 43.0 Å². The molecule has 3 rings (SSSR count). The number of H-pyrrole nitrogens is 1. The van der Waals surface area contributed by atoms with Gasteiger partial charge < -0.3 is 9.72 Å². The predicted octanol–water partition coefficient (Wildman–Crippen LogP) is 3.55. The Morgan fingerprint density at radius 1 is 1.23 bits per heavy atom. The van der Waals surface area contributed by atoms with Crippen molar-refractivity contribution in [3.63, 3.8) is 0 Å². The third kappa shape index (κ3) is 3.88. The van der Waals surface area contributed by atoms with Crippen LogP contribution in [0.1, 0.15) is 29.2 Å². The number of fused-ring (bicyclic) bond motifs is 1. The predicted molar refractivity (Wildman–Crippen MR) is 92.3 cm³/mol. The molecule has 0 bridgehead atoms. The highest BCUT2D eigenvalue weighted by molar-refractivity contribution is 7.99. The van der Waals surface area contributed by atoms with E-state index < -0.39 is 17.8 Å².